The van der Waals surface area contributed by atoms with Crippen molar-refractivity contribution in [2.45, 2.75) is 5.92 Å². The molecule has 0 heterocycles. The van der Waals surface area contributed by atoms with Crippen LogP contribution in [0.25, 0.3) is 0 Å². The summed E-state index contributed by atoms with van der Waals surface area (Å²) in [6.45, 7) is 0.852. The van der Waals surface area contributed by atoms with Crippen LogP contribution in [-0.4, -0.2) is 18.6 Å². The third-order valence-electron chi connectivity index (χ3n) is 1.81. The molecular weight excluding hydrogens is 221 g/mol. The first-order chi connectivity index (χ1) is 7.47. The Morgan fingerprint density at radius 1 is 1.31 bits per heavy atom. The highest BCUT2D eigenvalue weighted by Gasteiger charge is 2.38. The number of carbonyl (C=O) groups excluding carboxylic acids is 1. The lowest BCUT2D eigenvalue weighted by molar-refractivity contribution is -0.134. The highest BCUT2D eigenvalue weighted by molar-refractivity contribution is 5.91. The Labute approximate surface area is 90.3 Å². The number of alkyl halides is 3. The van der Waals surface area contributed by atoms with E-state index in [2.05, 4.69) is 11.3 Å². The molecule has 0 fully saturated rings. The van der Waals surface area contributed by atoms with Crippen molar-refractivity contribution in [2.24, 2.45) is 0 Å². The van der Waals surface area contributed by atoms with Crippen LogP contribution in [-0.2, 0) is 4.79 Å². The number of carbonyl (C=O) groups is 1. The van der Waals surface area contributed by atoms with E-state index in [4.69, 9.17) is 0 Å². The molecule has 0 aliphatic rings. The van der Waals surface area contributed by atoms with E-state index >= 15 is 0 Å². The van der Waals surface area contributed by atoms with E-state index in [9.17, 15) is 18.0 Å². The first kappa shape index (κ1) is 12.3. The highest BCUT2D eigenvalue weighted by Crippen LogP contribution is 2.24. The fourth-order valence-electron chi connectivity index (χ4n) is 0.887. The quantitative estimate of drug-likeness (QED) is 0.451. The van der Waals surface area contributed by atoms with Gasteiger partial charge in [0.1, 0.15) is 11.3 Å². The monoisotopic (exact) mass is 230 g/mol. The van der Waals surface area contributed by atoms with Crippen molar-refractivity contribution in [3.8, 4) is 5.75 Å². The molecule has 16 heavy (non-hydrogen) atoms. The second kappa shape index (κ2) is 4.83. The molecule has 0 amide bonds. The SMILES string of the molecule is C=C(C(=O)Oc1ccccc1)C(F)(F)CF. The Kier molecular flexibility index (Phi) is 3.71. The molecule has 1 rings (SSSR count). The fourth-order valence-corrected chi connectivity index (χ4v) is 0.887. The lowest BCUT2D eigenvalue weighted by Gasteiger charge is -2.13. The van der Waals surface area contributed by atoms with Crippen LogP contribution in [0.1, 0.15) is 0 Å². The van der Waals surface area contributed by atoms with Crippen LogP contribution in [0, 0.1) is 0 Å². The average molecular weight is 230 g/mol. The topological polar surface area (TPSA) is 26.3 Å². The van der Waals surface area contributed by atoms with Crippen molar-refractivity contribution >= 4 is 5.97 Å². The molecule has 0 unspecified atom stereocenters. The summed E-state index contributed by atoms with van der Waals surface area (Å²) in [5, 5.41) is 0. The fraction of sp³-hybridized carbons (Fsp3) is 0.182. The largest absolute Gasteiger partial charge is 0.423 e. The van der Waals surface area contributed by atoms with Crippen LogP contribution >= 0.6 is 0 Å². The van der Waals surface area contributed by atoms with Gasteiger partial charge >= 0.3 is 11.9 Å². The predicted octanol–water partition coefficient (Wildman–Crippen LogP) is 2.75. The van der Waals surface area contributed by atoms with E-state index in [1.807, 2.05) is 0 Å². The second-order valence-electron chi connectivity index (χ2n) is 3.02. The van der Waals surface area contributed by atoms with E-state index < -0.39 is 24.1 Å². The molecule has 2 nitrogen and oxygen atoms in total. The summed E-state index contributed by atoms with van der Waals surface area (Å²) in [7, 11) is 0. The number of esters is 1. The van der Waals surface area contributed by atoms with E-state index in [1.165, 1.54) is 12.1 Å². The summed E-state index contributed by atoms with van der Waals surface area (Å²) in [6.07, 6.45) is 0. The number of halogens is 3. The van der Waals surface area contributed by atoms with Crippen molar-refractivity contribution in [1.29, 1.82) is 0 Å². The van der Waals surface area contributed by atoms with Crippen LogP contribution in [0.15, 0.2) is 42.5 Å². The van der Waals surface area contributed by atoms with Crippen LogP contribution in [0.3, 0.4) is 0 Å². The van der Waals surface area contributed by atoms with Gasteiger partial charge in [0.05, 0.1) is 0 Å². The molecule has 0 aromatic heterocycles. The summed E-state index contributed by atoms with van der Waals surface area (Å²) in [6, 6.07) is 7.64. The predicted molar refractivity (Wildman–Crippen MR) is 52.1 cm³/mol. The Hall–Kier alpha value is -1.78. The molecule has 0 aliphatic heterocycles. The maximum absolute atomic E-state index is 12.7. The number of hydrogen-bond donors (Lipinski definition) is 0. The molecule has 86 valence electrons. The minimum absolute atomic E-state index is 0.100. The number of ether oxygens (including phenoxy) is 1. The number of para-hydroxylation sites is 1. The smallest absolute Gasteiger partial charge is 0.345 e. The minimum atomic E-state index is -3.88. The van der Waals surface area contributed by atoms with Crippen LogP contribution < -0.4 is 4.74 Å². The summed E-state index contributed by atoms with van der Waals surface area (Å²) < 4.78 is 41.9. The first-order valence-electron chi connectivity index (χ1n) is 4.38. The van der Waals surface area contributed by atoms with Gasteiger partial charge in [-0.25, -0.2) is 9.18 Å². The molecular formula is C11H9F3O2. The number of rotatable bonds is 4. The third-order valence-corrected chi connectivity index (χ3v) is 1.81. The van der Waals surface area contributed by atoms with Crippen LogP contribution in [0.4, 0.5) is 13.2 Å². The van der Waals surface area contributed by atoms with Gasteiger partial charge in [-0.15, -0.1) is 0 Å². The molecule has 1 aromatic rings. The van der Waals surface area contributed by atoms with Gasteiger partial charge in [0.15, 0.2) is 6.67 Å². The van der Waals surface area contributed by atoms with Gasteiger partial charge in [0.2, 0.25) is 0 Å². The number of hydrogen-bond acceptors (Lipinski definition) is 2. The van der Waals surface area contributed by atoms with Gasteiger partial charge in [-0.2, -0.15) is 8.78 Å². The van der Waals surface area contributed by atoms with Crippen molar-refractivity contribution in [3.05, 3.63) is 42.5 Å². The van der Waals surface area contributed by atoms with Crippen LogP contribution in [0.5, 0.6) is 5.75 Å². The van der Waals surface area contributed by atoms with E-state index in [0.717, 1.165) is 0 Å². The molecule has 0 bridgehead atoms. The van der Waals surface area contributed by atoms with Crippen molar-refractivity contribution in [2.75, 3.05) is 6.67 Å². The van der Waals surface area contributed by atoms with Crippen molar-refractivity contribution in [3.63, 3.8) is 0 Å². The molecule has 0 N–H and O–H groups in total. The minimum Gasteiger partial charge on any atom is -0.423 e. The standard InChI is InChI=1S/C11H9F3O2/c1-8(11(13,14)7-12)10(15)16-9-5-3-2-4-6-9/h2-6H,1,7H2. The van der Waals surface area contributed by atoms with Crippen LogP contribution in [0.2, 0.25) is 0 Å². The van der Waals surface area contributed by atoms with Gasteiger partial charge in [-0.05, 0) is 12.1 Å². The second-order valence-corrected chi connectivity index (χ2v) is 3.02. The Bertz CT molecular complexity index is 387. The van der Waals surface area contributed by atoms with E-state index in [0.29, 0.717) is 0 Å². The summed E-state index contributed by atoms with van der Waals surface area (Å²) in [4.78, 5) is 11.1. The van der Waals surface area contributed by atoms with Crippen molar-refractivity contribution < 1.29 is 22.7 Å². The molecule has 5 heteroatoms. The summed E-state index contributed by atoms with van der Waals surface area (Å²) in [5.41, 5.74) is -1.20. The summed E-state index contributed by atoms with van der Waals surface area (Å²) >= 11 is 0. The van der Waals surface area contributed by atoms with E-state index in [1.54, 1.807) is 18.2 Å². The zero-order chi connectivity index (χ0) is 12.2. The number of benzene rings is 1. The van der Waals surface area contributed by atoms with Gasteiger partial charge < -0.3 is 4.74 Å². The molecule has 0 spiro atoms. The molecule has 1 aromatic carbocycles. The molecule has 0 saturated heterocycles. The van der Waals surface area contributed by atoms with E-state index in [-0.39, 0.29) is 5.75 Å². The Morgan fingerprint density at radius 2 is 1.88 bits per heavy atom. The molecule has 0 aliphatic carbocycles. The maximum atomic E-state index is 12.7. The van der Waals surface area contributed by atoms with Gasteiger partial charge in [0.25, 0.3) is 0 Å². The normalized spacial score (nSPS) is 10.9. The molecule has 0 radical (unpaired) electrons. The van der Waals surface area contributed by atoms with Gasteiger partial charge in [0, 0.05) is 0 Å². The lowest BCUT2D eigenvalue weighted by atomic mass is 10.2. The van der Waals surface area contributed by atoms with Gasteiger partial charge in [-0.3, -0.25) is 0 Å². The highest BCUT2D eigenvalue weighted by atomic mass is 19.3. The first-order valence-corrected chi connectivity index (χ1v) is 4.38. The average Bonchev–Trinajstić information content (AvgIpc) is 2.29. The maximum Gasteiger partial charge on any atom is 0.345 e. The zero-order valence-electron chi connectivity index (χ0n) is 8.25. The molecule has 0 atom stereocenters. The summed E-state index contributed by atoms with van der Waals surface area (Å²) in [5.74, 6) is -5.12. The Balaban J connectivity index is 2.71. The zero-order valence-corrected chi connectivity index (χ0v) is 8.25. The van der Waals surface area contributed by atoms with Gasteiger partial charge in [-0.1, -0.05) is 24.8 Å². The Morgan fingerprint density at radius 3 is 2.38 bits per heavy atom. The third kappa shape index (κ3) is 2.85. The lowest BCUT2D eigenvalue weighted by Crippen LogP contribution is -2.29. The van der Waals surface area contributed by atoms with Crippen molar-refractivity contribution in [1.82, 2.24) is 0 Å². The molecule has 0 saturated carbocycles.